The maximum atomic E-state index is 5.76. The minimum atomic E-state index is 0.564. The number of benzene rings is 1. The summed E-state index contributed by atoms with van der Waals surface area (Å²) in [6.07, 6.45) is 3.00. The molecule has 0 saturated heterocycles. The second-order valence-corrected chi connectivity index (χ2v) is 3.88. The van der Waals surface area contributed by atoms with Crippen LogP contribution in [0.15, 0.2) is 30.5 Å². The Labute approximate surface area is 95.9 Å². The zero-order valence-corrected chi connectivity index (χ0v) is 9.77. The van der Waals surface area contributed by atoms with E-state index in [1.165, 1.54) is 16.7 Å². The van der Waals surface area contributed by atoms with Crippen molar-refractivity contribution in [2.75, 3.05) is 0 Å². The van der Waals surface area contributed by atoms with Crippen LogP contribution in [-0.2, 0) is 20.0 Å². The molecule has 16 heavy (non-hydrogen) atoms. The first-order chi connectivity index (χ1) is 7.76. The fraction of sp³-hybridized carbons (Fsp3) is 0.308. The third kappa shape index (κ3) is 1.86. The van der Waals surface area contributed by atoms with Gasteiger partial charge >= 0.3 is 0 Å². The molecule has 0 unspecified atom stereocenters. The van der Waals surface area contributed by atoms with Crippen molar-refractivity contribution in [1.29, 1.82) is 0 Å². The molecule has 1 aromatic heterocycles. The highest BCUT2D eigenvalue weighted by Crippen LogP contribution is 2.26. The average Bonchev–Trinajstić information content (AvgIpc) is 2.70. The van der Waals surface area contributed by atoms with Gasteiger partial charge in [0.2, 0.25) is 0 Å². The molecular formula is C13H17N3. The molecule has 0 aliphatic rings. The second-order valence-electron chi connectivity index (χ2n) is 3.88. The molecule has 0 aliphatic heterocycles. The summed E-state index contributed by atoms with van der Waals surface area (Å²) in [5.74, 6) is 0. The molecule has 3 heteroatoms. The number of nitrogens with two attached hydrogens (primary N) is 1. The lowest BCUT2D eigenvalue weighted by Crippen LogP contribution is -1.99. The monoisotopic (exact) mass is 215 g/mol. The van der Waals surface area contributed by atoms with E-state index in [-0.39, 0.29) is 0 Å². The number of hydrogen-bond donors (Lipinski definition) is 1. The van der Waals surface area contributed by atoms with E-state index in [1.54, 1.807) is 0 Å². The Hall–Kier alpha value is -1.61. The molecule has 84 valence electrons. The van der Waals surface area contributed by atoms with Crippen LogP contribution in [0.25, 0.3) is 11.1 Å². The molecule has 0 radical (unpaired) electrons. The molecule has 1 aromatic carbocycles. The van der Waals surface area contributed by atoms with Crippen molar-refractivity contribution in [3.8, 4) is 11.1 Å². The van der Waals surface area contributed by atoms with Crippen molar-refractivity contribution in [2.24, 2.45) is 12.8 Å². The summed E-state index contributed by atoms with van der Waals surface area (Å²) in [6, 6.07) is 8.24. The topological polar surface area (TPSA) is 43.8 Å². The third-order valence-electron chi connectivity index (χ3n) is 2.77. The lowest BCUT2D eigenvalue weighted by molar-refractivity contribution is 0.746. The van der Waals surface area contributed by atoms with Gasteiger partial charge in [0.05, 0.1) is 5.69 Å². The van der Waals surface area contributed by atoms with Crippen LogP contribution >= 0.6 is 0 Å². The average molecular weight is 215 g/mol. The van der Waals surface area contributed by atoms with Crippen LogP contribution in [0.3, 0.4) is 0 Å². The zero-order valence-electron chi connectivity index (χ0n) is 9.77. The highest BCUT2D eigenvalue weighted by Gasteiger charge is 2.10. The SMILES string of the molecule is CCc1nn(C)cc1-c1ccccc1CN. The van der Waals surface area contributed by atoms with Crippen molar-refractivity contribution >= 4 is 0 Å². The highest BCUT2D eigenvalue weighted by atomic mass is 15.2. The van der Waals surface area contributed by atoms with Crippen molar-refractivity contribution < 1.29 is 0 Å². The van der Waals surface area contributed by atoms with Crippen LogP contribution in [0.1, 0.15) is 18.2 Å². The number of aryl methyl sites for hydroxylation is 2. The summed E-state index contributed by atoms with van der Waals surface area (Å²) >= 11 is 0. The Bertz CT molecular complexity index is 486. The predicted octanol–water partition coefficient (Wildman–Crippen LogP) is 2.11. The van der Waals surface area contributed by atoms with Gasteiger partial charge in [-0.3, -0.25) is 4.68 Å². The molecule has 0 amide bonds. The van der Waals surface area contributed by atoms with Crippen molar-refractivity contribution in [3.05, 3.63) is 41.7 Å². The maximum Gasteiger partial charge on any atom is 0.0700 e. The Balaban J connectivity index is 2.57. The zero-order chi connectivity index (χ0) is 11.5. The van der Waals surface area contributed by atoms with E-state index in [4.69, 9.17) is 5.73 Å². The first-order valence-electron chi connectivity index (χ1n) is 5.57. The molecule has 0 atom stereocenters. The third-order valence-corrected chi connectivity index (χ3v) is 2.77. The molecule has 0 bridgehead atoms. The minimum Gasteiger partial charge on any atom is -0.326 e. The molecule has 2 rings (SSSR count). The second kappa shape index (κ2) is 4.49. The van der Waals surface area contributed by atoms with E-state index in [2.05, 4.69) is 30.4 Å². The molecule has 2 aromatic rings. The minimum absolute atomic E-state index is 0.564. The van der Waals surface area contributed by atoms with Gasteiger partial charge in [-0.05, 0) is 17.5 Å². The number of nitrogens with zero attached hydrogens (tertiary/aromatic N) is 2. The van der Waals surface area contributed by atoms with Crippen LogP contribution in [0.5, 0.6) is 0 Å². The number of rotatable bonds is 3. The van der Waals surface area contributed by atoms with Crippen LogP contribution in [0.2, 0.25) is 0 Å². The van der Waals surface area contributed by atoms with E-state index in [9.17, 15) is 0 Å². The molecule has 0 saturated carbocycles. The summed E-state index contributed by atoms with van der Waals surface area (Å²) < 4.78 is 1.86. The van der Waals surface area contributed by atoms with Crippen LogP contribution < -0.4 is 5.73 Å². The smallest absolute Gasteiger partial charge is 0.0700 e. The summed E-state index contributed by atoms with van der Waals surface area (Å²) in [4.78, 5) is 0. The van der Waals surface area contributed by atoms with E-state index in [0.29, 0.717) is 6.54 Å². The molecular weight excluding hydrogens is 198 g/mol. The maximum absolute atomic E-state index is 5.76. The van der Waals surface area contributed by atoms with E-state index < -0.39 is 0 Å². The van der Waals surface area contributed by atoms with Crippen molar-refractivity contribution in [1.82, 2.24) is 9.78 Å². The first kappa shape index (κ1) is 10.9. The quantitative estimate of drug-likeness (QED) is 0.852. The van der Waals surface area contributed by atoms with E-state index in [1.807, 2.05) is 23.9 Å². The van der Waals surface area contributed by atoms with Crippen LogP contribution in [0.4, 0.5) is 0 Å². The van der Waals surface area contributed by atoms with E-state index in [0.717, 1.165) is 12.1 Å². The number of aromatic nitrogens is 2. The normalized spacial score (nSPS) is 10.7. The summed E-state index contributed by atoms with van der Waals surface area (Å²) in [5.41, 5.74) is 10.5. The van der Waals surface area contributed by atoms with Crippen molar-refractivity contribution in [2.45, 2.75) is 19.9 Å². The van der Waals surface area contributed by atoms with Gasteiger partial charge < -0.3 is 5.73 Å². The summed E-state index contributed by atoms with van der Waals surface area (Å²) in [7, 11) is 1.95. The van der Waals surface area contributed by atoms with E-state index >= 15 is 0 Å². The van der Waals surface area contributed by atoms with Crippen molar-refractivity contribution in [3.63, 3.8) is 0 Å². The Kier molecular flexibility index (Phi) is 3.06. The highest BCUT2D eigenvalue weighted by molar-refractivity contribution is 5.69. The fourth-order valence-corrected chi connectivity index (χ4v) is 1.98. The summed E-state index contributed by atoms with van der Waals surface area (Å²) in [6.45, 7) is 2.69. The molecule has 1 heterocycles. The van der Waals surface area contributed by atoms with Gasteiger partial charge in [0.1, 0.15) is 0 Å². The standard InChI is InChI=1S/C13H17N3/c1-3-13-12(9-16(2)15-13)11-7-5-4-6-10(11)8-14/h4-7,9H,3,8,14H2,1-2H3. The van der Waals surface area contributed by atoms with Crippen LogP contribution in [0, 0.1) is 0 Å². The fourth-order valence-electron chi connectivity index (χ4n) is 1.98. The molecule has 0 fully saturated rings. The van der Waals surface area contributed by atoms with Gasteiger partial charge in [0, 0.05) is 25.4 Å². The largest absolute Gasteiger partial charge is 0.326 e. The van der Waals surface area contributed by atoms with Gasteiger partial charge in [-0.15, -0.1) is 0 Å². The molecule has 0 aliphatic carbocycles. The van der Waals surface area contributed by atoms with Gasteiger partial charge in [-0.25, -0.2) is 0 Å². The Morgan fingerprint density at radius 3 is 2.69 bits per heavy atom. The molecule has 3 nitrogen and oxygen atoms in total. The number of hydrogen-bond acceptors (Lipinski definition) is 2. The summed E-state index contributed by atoms with van der Waals surface area (Å²) in [5, 5.41) is 4.46. The Morgan fingerprint density at radius 1 is 1.25 bits per heavy atom. The molecule has 0 spiro atoms. The molecule has 2 N–H and O–H groups in total. The van der Waals surface area contributed by atoms with Gasteiger partial charge in [-0.2, -0.15) is 5.10 Å². The van der Waals surface area contributed by atoms with Gasteiger partial charge in [-0.1, -0.05) is 31.2 Å². The first-order valence-corrected chi connectivity index (χ1v) is 5.57. The Morgan fingerprint density at radius 2 is 2.00 bits per heavy atom. The van der Waals surface area contributed by atoms with Gasteiger partial charge in [0.15, 0.2) is 0 Å². The lowest BCUT2D eigenvalue weighted by atomic mass is 9.99. The van der Waals surface area contributed by atoms with Gasteiger partial charge in [0.25, 0.3) is 0 Å². The predicted molar refractivity (Wildman–Crippen MR) is 65.9 cm³/mol. The lowest BCUT2D eigenvalue weighted by Gasteiger charge is -2.06. The van der Waals surface area contributed by atoms with Crippen LogP contribution in [-0.4, -0.2) is 9.78 Å².